The monoisotopic (exact) mass is 412 g/mol. The minimum atomic E-state index is -0.308. The molecule has 4 nitrogen and oxygen atoms in total. The highest BCUT2D eigenvalue weighted by atomic mass is 127. The van der Waals surface area contributed by atoms with Gasteiger partial charge >= 0.3 is 0 Å². The fraction of sp³-hybridized carbons (Fsp3) is 0.133. The molecule has 1 aromatic carbocycles. The zero-order chi connectivity index (χ0) is 15.2. The average Bonchev–Trinajstić information content (AvgIpc) is 2.92. The van der Waals surface area contributed by atoms with Gasteiger partial charge in [0.1, 0.15) is 5.75 Å². The van der Waals surface area contributed by atoms with Crippen LogP contribution >= 0.6 is 33.9 Å². The number of nitrogens with two attached hydrogens (primary N) is 1. The summed E-state index contributed by atoms with van der Waals surface area (Å²) in [4.78, 5) is 13.1. The van der Waals surface area contributed by atoms with Crippen LogP contribution in [0.1, 0.15) is 20.8 Å². The molecule has 4 N–H and O–H groups in total. The van der Waals surface area contributed by atoms with Crippen molar-refractivity contribution in [1.82, 2.24) is 5.32 Å². The van der Waals surface area contributed by atoms with Gasteiger partial charge < -0.3 is 16.2 Å². The maximum atomic E-state index is 12.1. The van der Waals surface area contributed by atoms with Crippen LogP contribution in [0.5, 0.6) is 5.75 Å². The summed E-state index contributed by atoms with van der Waals surface area (Å²) in [6.07, 6.45) is 0. The number of carbonyl (C=O) groups excluding carboxylic acids is 1. The summed E-state index contributed by atoms with van der Waals surface area (Å²) in [5.41, 5.74) is 6.50. The lowest BCUT2D eigenvalue weighted by Gasteiger charge is -2.07. The van der Waals surface area contributed by atoms with E-state index in [1.807, 2.05) is 11.4 Å². The van der Waals surface area contributed by atoms with Crippen LogP contribution in [0.15, 0.2) is 29.6 Å². The first-order valence-electron chi connectivity index (χ1n) is 6.14. The lowest BCUT2D eigenvalue weighted by Crippen LogP contribution is -2.22. The molecule has 0 radical (unpaired) electrons. The second-order valence-electron chi connectivity index (χ2n) is 4.11. The molecule has 0 saturated heterocycles. The van der Waals surface area contributed by atoms with Crippen molar-refractivity contribution < 1.29 is 9.90 Å². The number of nitrogens with one attached hydrogen (secondary N) is 1. The van der Waals surface area contributed by atoms with E-state index in [-0.39, 0.29) is 17.2 Å². The predicted octanol–water partition coefficient (Wildman–Crippen LogP) is 2.30. The Kier molecular flexibility index (Phi) is 5.61. The summed E-state index contributed by atoms with van der Waals surface area (Å²) in [6, 6.07) is 6.80. The van der Waals surface area contributed by atoms with E-state index in [1.54, 1.807) is 12.1 Å². The largest absolute Gasteiger partial charge is 0.507 e. The van der Waals surface area contributed by atoms with Crippen LogP contribution in [-0.4, -0.2) is 17.6 Å². The van der Waals surface area contributed by atoms with Crippen molar-refractivity contribution in [3.63, 3.8) is 0 Å². The van der Waals surface area contributed by atoms with Crippen LogP contribution in [0.25, 0.3) is 0 Å². The summed E-state index contributed by atoms with van der Waals surface area (Å²) in [5, 5.41) is 14.5. The van der Waals surface area contributed by atoms with Gasteiger partial charge in [0.2, 0.25) is 0 Å². The number of hydrogen-bond donors (Lipinski definition) is 3. The van der Waals surface area contributed by atoms with Crippen LogP contribution < -0.4 is 11.1 Å². The standard InChI is InChI=1S/C15H13IN2O2S/c16-11-3-4-13(19)12(8-11)15(20)18-9-14-10(2-1-6-17)5-7-21-14/h3-5,7-8,19H,6,9,17H2,(H,18,20). The van der Waals surface area contributed by atoms with Crippen LogP contribution in [0.4, 0.5) is 0 Å². The number of amides is 1. The van der Waals surface area contributed by atoms with Gasteiger partial charge in [0.25, 0.3) is 5.91 Å². The molecule has 0 atom stereocenters. The van der Waals surface area contributed by atoms with E-state index in [9.17, 15) is 9.90 Å². The summed E-state index contributed by atoms with van der Waals surface area (Å²) < 4.78 is 0.890. The Bertz CT molecular complexity index is 716. The zero-order valence-corrected chi connectivity index (χ0v) is 14.0. The molecule has 1 aromatic heterocycles. The SMILES string of the molecule is NCC#Cc1ccsc1CNC(=O)c1cc(I)ccc1O. The molecule has 1 amide bonds. The zero-order valence-electron chi connectivity index (χ0n) is 11.0. The first kappa shape index (κ1) is 15.8. The number of aromatic hydroxyl groups is 1. The number of carbonyl (C=O) groups is 1. The molecule has 0 aliphatic heterocycles. The van der Waals surface area contributed by atoms with Crippen molar-refractivity contribution in [2.45, 2.75) is 6.54 Å². The summed E-state index contributed by atoms with van der Waals surface area (Å²) in [7, 11) is 0. The topological polar surface area (TPSA) is 75.3 Å². The minimum absolute atomic E-state index is 0.0257. The Balaban J connectivity index is 2.08. The number of phenolic OH excluding ortho intramolecular Hbond substituents is 1. The van der Waals surface area contributed by atoms with E-state index < -0.39 is 0 Å². The van der Waals surface area contributed by atoms with Crippen molar-refractivity contribution in [2.75, 3.05) is 6.54 Å². The van der Waals surface area contributed by atoms with Crippen LogP contribution in [-0.2, 0) is 6.54 Å². The maximum Gasteiger partial charge on any atom is 0.255 e. The Morgan fingerprint density at radius 3 is 3.00 bits per heavy atom. The van der Waals surface area contributed by atoms with E-state index in [0.717, 1.165) is 14.0 Å². The van der Waals surface area contributed by atoms with Crippen LogP contribution in [0.3, 0.4) is 0 Å². The van der Waals surface area contributed by atoms with Gasteiger partial charge in [-0.05, 0) is 52.2 Å². The number of thiophene rings is 1. The first-order chi connectivity index (χ1) is 10.1. The highest BCUT2D eigenvalue weighted by Crippen LogP contribution is 2.20. The highest BCUT2D eigenvalue weighted by Gasteiger charge is 2.12. The average molecular weight is 412 g/mol. The predicted molar refractivity (Wildman–Crippen MR) is 92.2 cm³/mol. The quantitative estimate of drug-likeness (QED) is 0.535. The lowest BCUT2D eigenvalue weighted by atomic mass is 10.2. The fourth-order valence-corrected chi connectivity index (χ4v) is 2.94. The highest BCUT2D eigenvalue weighted by molar-refractivity contribution is 14.1. The molecule has 0 saturated carbocycles. The molecule has 0 unspecified atom stereocenters. The molecular weight excluding hydrogens is 399 g/mol. The van der Waals surface area contributed by atoms with E-state index in [1.165, 1.54) is 17.4 Å². The number of benzene rings is 1. The first-order valence-corrected chi connectivity index (χ1v) is 8.09. The lowest BCUT2D eigenvalue weighted by molar-refractivity contribution is 0.0948. The maximum absolute atomic E-state index is 12.1. The molecule has 6 heteroatoms. The number of rotatable bonds is 3. The third-order valence-corrected chi connectivity index (χ3v) is 4.28. The summed E-state index contributed by atoms with van der Waals surface area (Å²) >= 11 is 3.62. The Morgan fingerprint density at radius 1 is 1.43 bits per heavy atom. The van der Waals surface area contributed by atoms with Gasteiger partial charge in [-0.25, -0.2) is 0 Å². The molecule has 0 fully saturated rings. The number of hydrogen-bond acceptors (Lipinski definition) is 4. The molecule has 21 heavy (non-hydrogen) atoms. The third kappa shape index (κ3) is 4.20. The molecule has 0 spiro atoms. The second kappa shape index (κ2) is 7.45. The van der Waals surface area contributed by atoms with Crippen molar-refractivity contribution in [2.24, 2.45) is 5.73 Å². The van der Waals surface area contributed by atoms with Gasteiger partial charge in [0, 0.05) is 14.0 Å². The van der Waals surface area contributed by atoms with Gasteiger partial charge in [-0.15, -0.1) is 11.3 Å². The molecular formula is C15H13IN2O2S. The summed E-state index contributed by atoms with van der Waals surface area (Å²) in [5.74, 6) is 5.43. The van der Waals surface area contributed by atoms with Crippen molar-refractivity contribution >= 4 is 39.8 Å². The second-order valence-corrected chi connectivity index (χ2v) is 6.35. The molecule has 0 bridgehead atoms. The van der Waals surface area contributed by atoms with Gasteiger partial charge in [0.05, 0.1) is 18.7 Å². The third-order valence-electron chi connectivity index (χ3n) is 2.68. The van der Waals surface area contributed by atoms with E-state index >= 15 is 0 Å². The molecule has 0 aliphatic rings. The Hall–Kier alpha value is -1.56. The Morgan fingerprint density at radius 2 is 2.24 bits per heavy atom. The van der Waals surface area contributed by atoms with Crippen LogP contribution in [0.2, 0.25) is 0 Å². The van der Waals surface area contributed by atoms with Crippen molar-refractivity contribution in [3.8, 4) is 17.6 Å². The fourth-order valence-electron chi connectivity index (χ4n) is 1.68. The molecule has 2 rings (SSSR count). The Labute approximate surface area is 140 Å². The van der Waals surface area contributed by atoms with Gasteiger partial charge in [-0.3, -0.25) is 4.79 Å². The van der Waals surface area contributed by atoms with Gasteiger partial charge in [-0.1, -0.05) is 11.8 Å². The molecule has 0 aliphatic carbocycles. The molecule has 2 aromatic rings. The van der Waals surface area contributed by atoms with Crippen molar-refractivity contribution in [1.29, 1.82) is 0 Å². The van der Waals surface area contributed by atoms with E-state index in [2.05, 4.69) is 39.7 Å². The molecule has 108 valence electrons. The molecule has 1 heterocycles. The van der Waals surface area contributed by atoms with Crippen molar-refractivity contribution in [3.05, 3.63) is 49.2 Å². The van der Waals surface area contributed by atoms with Gasteiger partial charge in [-0.2, -0.15) is 0 Å². The van der Waals surface area contributed by atoms with Crippen LogP contribution in [0, 0.1) is 15.4 Å². The smallest absolute Gasteiger partial charge is 0.255 e. The normalized spacial score (nSPS) is 9.81. The summed E-state index contributed by atoms with van der Waals surface area (Å²) in [6.45, 7) is 0.675. The van der Waals surface area contributed by atoms with E-state index in [4.69, 9.17) is 5.73 Å². The van der Waals surface area contributed by atoms with E-state index in [0.29, 0.717) is 13.1 Å². The van der Waals surface area contributed by atoms with Gasteiger partial charge in [0.15, 0.2) is 0 Å². The number of halogens is 1. The minimum Gasteiger partial charge on any atom is -0.507 e. The number of phenols is 1.